The van der Waals surface area contributed by atoms with E-state index in [1.807, 2.05) is 13.8 Å². The van der Waals surface area contributed by atoms with E-state index < -0.39 is 5.97 Å². The number of ether oxygens (including phenoxy) is 1. The van der Waals surface area contributed by atoms with Crippen LogP contribution in [0.4, 0.5) is 0 Å². The van der Waals surface area contributed by atoms with Gasteiger partial charge in [0, 0.05) is 18.8 Å². The molecule has 0 amide bonds. The number of carboxylic acids is 1. The maximum absolute atomic E-state index is 9.98. The lowest BCUT2D eigenvalue weighted by atomic mass is 10.5. The number of carboxylic acid groups (broad SMARTS) is 1. The molecular weight excluding hydrogens is 158 g/mol. The first-order valence-corrected chi connectivity index (χ1v) is 3.87. The molecule has 0 aromatic heterocycles. The van der Waals surface area contributed by atoms with Crippen LogP contribution in [0, 0.1) is 0 Å². The highest BCUT2D eigenvalue weighted by atomic mass is 16.5. The van der Waals surface area contributed by atoms with Crippen LogP contribution in [-0.4, -0.2) is 30.3 Å². The fourth-order valence-corrected chi connectivity index (χ4v) is 0.567. The van der Waals surface area contributed by atoms with Gasteiger partial charge in [-0.05, 0) is 13.8 Å². The van der Waals surface area contributed by atoms with Crippen LogP contribution >= 0.6 is 0 Å². The van der Waals surface area contributed by atoms with Crippen molar-refractivity contribution in [2.45, 2.75) is 20.0 Å². The van der Waals surface area contributed by atoms with E-state index in [4.69, 9.17) is 9.84 Å². The second kappa shape index (κ2) is 6.67. The van der Waals surface area contributed by atoms with Crippen molar-refractivity contribution in [2.75, 3.05) is 13.2 Å². The highest BCUT2D eigenvalue weighted by Crippen LogP contribution is 1.84. The van der Waals surface area contributed by atoms with Gasteiger partial charge in [-0.3, -0.25) is 0 Å². The van der Waals surface area contributed by atoms with E-state index in [0.29, 0.717) is 13.2 Å². The summed E-state index contributed by atoms with van der Waals surface area (Å²) in [6.07, 6.45) is 2.66. The van der Waals surface area contributed by atoms with Crippen LogP contribution in [0.2, 0.25) is 0 Å². The summed E-state index contributed by atoms with van der Waals surface area (Å²) in [7, 11) is 0. The maximum atomic E-state index is 9.98. The summed E-state index contributed by atoms with van der Waals surface area (Å²) in [5.41, 5.74) is 0. The SMILES string of the molecule is CC(C)OCCN/C=C/C(=O)O. The highest BCUT2D eigenvalue weighted by Gasteiger charge is 1.90. The number of carbonyl (C=O) groups is 1. The van der Waals surface area contributed by atoms with Crippen molar-refractivity contribution in [3.05, 3.63) is 12.3 Å². The quantitative estimate of drug-likeness (QED) is 0.456. The minimum atomic E-state index is -0.952. The minimum absolute atomic E-state index is 0.218. The van der Waals surface area contributed by atoms with Crippen LogP contribution in [0.3, 0.4) is 0 Å². The molecule has 0 unspecified atom stereocenters. The van der Waals surface area contributed by atoms with Crippen molar-refractivity contribution in [1.82, 2.24) is 5.32 Å². The zero-order valence-electron chi connectivity index (χ0n) is 7.41. The standard InChI is InChI=1S/C8H15NO3/c1-7(2)12-6-5-9-4-3-8(10)11/h3-4,7,9H,5-6H2,1-2H3,(H,10,11)/b4-3+. The van der Waals surface area contributed by atoms with Crippen molar-refractivity contribution in [1.29, 1.82) is 0 Å². The molecule has 0 heterocycles. The summed E-state index contributed by atoms with van der Waals surface area (Å²) in [5, 5.41) is 11.0. The van der Waals surface area contributed by atoms with Crippen LogP contribution in [-0.2, 0) is 9.53 Å². The molecule has 0 aliphatic rings. The second-order valence-electron chi connectivity index (χ2n) is 2.55. The van der Waals surface area contributed by atoms with Gasteiger partial charge in [-0.1, -0.05) is 0 Å². The highest BCUT2D eigenvalue weighted by molar-refractivity contribution is 5.79. The predicted octanol–water partition coefficient (Wildman–Crippen LogP) is 0.599. The lowest BCUT2D eigenvalue weighted by Crippen LogP contribution is -2.16. The van der Waals surface area contributed by atoms with Crippen LogP contribution in [0.5, 0.6) is 0 Å². The molecule has 2 N–H and O–H groups in total. The van der Waals surface area contributed by atoms with Gasteiger partial charge < -0.3 is 15.2 Å². The van der Waals surface area contributed by atoms with Gasteiger partial charge in [0.15, 0.2) is 0 Å². The van der Waals surface area contributed by atoms with Gasteiger partial charge in [0.1, 0.15) is 0 Å². The first kappa shape index (κ1) is 11.0. The number of rotatable bonds is 6. The third kappa shape index (κ3) is 8.97. The third-order valence-electron chi connectivity index (χ3n) is 1.04. The Hall–Kier alpha value is -1.03. The van der Waals surface area contributed by atoms with Crippen molar-refractivity contribution in [2.24, 2.45) is 0 Å². The van der Waals surface area contributed by atoms with E-state index >= 15 is 0 Å². The van der Waals surface area contributed by atoms with E-state index in [1.54, 1.807) is 0 Å². The monoisotopic (exact) mass is 173 g/mol. The normalized spacial score (nSPS) is 10.9. The molecule has 0 aromatic rings. The van der Waals surface area contributed by atoms with Crippen LogP contribution < -0.4 is 5.32 Å². The molecule has 12 heavy (non-hydrogen) atoms. The molecule has 0 saturated heterocycles. The average Bonchev–Trinajstić information content (AvgIpc) is 1.95. The summed E-state index contributed by atoms with van der Waals surface area (Å²) < 4.78 is 5.21. The van der Waals surface area contributed by atoms with Gasteiger partial charge in [-0.25, -0.2) is 4.79 Å². The van der Waals surface area contributed by atoms with E-state index in [-0.39, 0.29) is 6.10 Å². The number of aliphatic carboxylic acids is 1. The second-order valence-corrected chi connectivity index (χ2v) is 2.55. The lowest BCUT2D eigenvalue weighted by molar-refractivity contribution is -0.131. The Bertz CT molecular complexity index is 154. The summed E-state index contributed by atoms with van der Waals surface area (Å²) in [6.45, 7) is 5.11. The zero-order chi connectivity index (χ0) is 9.40. The van der Waals surface area contributed by atoms with Crippen LogP contribution in [0.25, 0.3) is 0 Å². The van der Waals surface area contributed by atoms with E-state index in [9.17, 15) is 4.79 Å². The number of nitrogens with one attached hydrogen (secondary N) is 1. The third-order valence-corrected chi connectivity index (χ3v) is 1.04. The van der Waals surface area contributed by atoms with Crippen molar-refractivity contribution >= 4 is 5.97 Å². The molecule has 0 spiro atoms. The molecule has 0 atom stereocenters. The maximum Gasteiger partial charge on any atom is 0.329 e. The van der Waals surface area contributed by atoms with Crippen molar-refractivity contribution < 1.29 is 14.6 Å². The molecule has 0 fully saturated rings. The molecule has 0 saturated carbocycles. The molecule has 0 aliphatic heterocycles. The van der Waals surface area contributed by atoms with E-state index in [1.165, 1.54) is 6.20 Å². The Morgan fingerprint density at radius 1 is 1.67 bits per heavy atom. The van der Waals surface area contributed by atoms with Gasteiger partial charge in [-0.15, -0.1) is 0 Å². The smallest absolute Gasteiger partial charge is 0.329 e. The van der Waals surface area contributed by atoms with Gasteiger partial charge in [0.05, 0.1) is 12.7 Å². The van der Waals surface area contributed by atoms with Crippen molar-refractivity contribution in [3.63, 3.8) is 0 Å². The average molecular weight is 173 g/mol. The minimum Gasteiger partial charge on any atom is -0.478 e. The Kier molecular flexibility index (Phi) is 6.09. The largest absolute Gasteiger partial charge is 0.478 e. The molecule has 0 bridgehead atoms. The fraction of sp³-hybridized carbons (Fsp3) is 0.625. The summed E-state index contributed by atoms with van der Waals surface area (Å²) in [6, 6.07) is 0. The summed E-state index contributed by atoms with van der Waals surface area (Å²) in [5.74, 6) is -0.952. The van der Waals surface area contributed by atoms with E-state index in [0.717, 1.165) is 6.08 Å². The molecule has 4 heteroatoms. The summed E-state index contributed by atoms with van der Waals surface area (Å²) in [4.78, 5) is 9.98. The zero-order valence-corrected chi connectivity index (χ0v) is 7.41. The topological polar surface area (TPSA) is 58.6 Å². The Morgan fingerprint density at radius 2 is 2.33 bits per heavy atom. The van der Waals surface area contributed by atoms with Gasteiger partial charge in [0.25, 0.3) is 0 Å². The Morgan fingerprint density at radius 3 is 2.83 bits per heavy atom. The molecule has 0 aromatic carbocycles. The van der Waals surface area contributed by atoms with Crippen LogP contribution in [0.1, 0.15) is 13.8 Å². The lowest BCUT2D eigenvalue weighted by Gasteiger charge is -2.06. The fourth-order valence-electron chi connectivity index (χ4n) is 0.567. The predicted molar refractivity (Wildman–Crippen MR) is 45.9 cm³/mol. The van der Waals surface area contributed by atoms with Gasteiger partial charge >= 0.3 is 5.97 Å². The molecular formula is C8H15NO3. The summed E-state index contributed by atoms with van der Waals surface area (Å²) >= 11 is 0. The van der Waals surface area contributed by atoms with Gasteiger partial charge in [-0.2, -0.15) is 0 Å². The Labute approximate surface area is 72.2 Å². The van der Waals surface area contributed by atoms with Crippen LogP contribution in [0.15, 0.2) is 12.3 Å². The first-order chi connectivity index (χ1) is 5.63. The molecule has 4 nitrogen and oxygen atoms in total. The van der Waals surface area contributed by atoms with Crippen molar-refractivity contribution in [3.8, 4) is 0 Å². The number of hydrogen-bond acceptors (Lipinski definition) is 3. The molecule has 0 aliphatic carbocycles. The number of hydrogen-bond donors (Lipinski definition) is 2. The molecule has 0 radical (unpaired) electrons. The molecule has 70 valence electrons. The first-order valence-electron chi connectivity index (χ1n) is 3.87. The molecule has 0 rings (SSSR count). The van der Waals surface area contributed by atoms with E-state index in [2.05, 4.69) is 5.32 Å². The Balaban J connectivity index is 3.16. The van der Waals surface area contributed by atoms with Gasteiger partial charge in [0.2, 0.25) is 0 Å².